The van der Waals surface area contributed by atoms with Gasteiger partial charge in [0.15, 0.2) is 5.60 Å². The molecule has 1 nitrogen and oxygen atoms in total. The minimum Gasteiger partial charge on any atom is -0.375 e. The molecule has 1 N–H and O–H groups in total. The Labute approximate surface area is 90.6 Å². The van der Waals surface area contributed by atoms with Gasteiger partial charge in [0.05, 0.1) is 0 Å². The average molecular weight is 238 g/mol. The topological polar surface area (TPSA) is 20.2 Å². The van der Waals surface area contributed by atoms with Gasteiger partial charge < -0.3 is 5.11 Å². The van der Waals surface area contributed by atoms with Crippen LogP contribution in [0.5, 0.6) is 0 Å². The number of thiophene rings is 1. The van der Waals surface area contributed by atoms with E-state index in [1.807, 2.05) is 0 Å². The lowest BCUT2D eigenvalue weighted by Crippen LogP contribution is -2.51. The Morgan fingerprint density at radius 3 is 2.00 bits per heavy atom. The second-order valence-corrected chi connectivity index (χ2v) is 5.38. The summed E-state index contributed by atoms with van der Waals surface area (Å²) in [6.07, 6.45) is -4.67. The lowest BCUT2D eigenvalue weighted by molar-refractivity contribution is -0.300. The van der Waals surface area contributed by atoms with Crippen LogP contribution < -0.4 is 0 Å². The van der Waals surface area contributed by atoms with Gasteiger partial charge >= 0.3 is 6.18 Å². The second-order valence-electron chi connectivity index (χ2n) is 4.44. The first-order valence-electron chi connectivity index (χ1n) is 4.44. The minimum atomic E-state index is -4.67. The summed E-state index contributed by atoms with van der Waals surface area (Å²) in [5.74, 6) is 0. The maximum atomic E-state index is 12.9. The second kappa shape index (κ2) is 3.49. The molecule has 0 bridgehead atoms. The molecule has 15 heavy (non-hydrogen) atoms. The monoisotopic (exact) mass is 238 g/mol. The lowest BCUT2D eigenvalue weighted by atomic mass is 9.75. The molecule has 0 spiro atoms. The number of alkyl halides is 3. The molecule has 1 aromatic heterocycles. The molecule has 1 aromatic rings. The van der Waals surface area contributed by atoms with E-state index >= 15 is 0 Å². The van der Waals surface area contributed by atoms with E-state index in [1.165, 1.54) is 38.3 Å². The summed E-state index contributed by atoms with van der Waals surface area (Å²) in [6, 6.07) is 2.81. The highest BCUT2D eigenvalue weighted by Crippen LogP contribution is 2.51. The van der Waals surface area contributed by atoms with Crippen LogP contribution in [0, 0.1) is 5.41 Å². The summed E-state index contributed by atoms with van der Waals surface area (Å²) in [4.78, 5) is -0.0671. The predicted molar refractivity (Wildman–Crippen MR) is 53.7 cm³/mol. The highest BCUT2D eigenvalue weighted by atomic mass is 32.1. The van der Waals surface area contributed by atoms with Gasteiger partial charge in [-0.2, -0.15) is 13.2 Å². The molecule has 0 aliphatic heterocycles. The van der Waals surface area contributed by atoms with E-state index in [1.54, 1.807) is 0 Å². The van der Waals surface area contributed by atoms with Crippen LogP contribution in [0.2, 0.25) is 0 Å². The van der Waals surface area contributed by atoms with Gasteiger partial charge in [-0.3, -0.25) is 0 Å². The van der Waals surface area contributed by atoms with Crippen LogP contribution >= 0.6 is 11.3 Å². The van der Waals surface area contributed by atoms with Crippen molar-refractivity contribution >= 4 is 11.3 Å². The molecule has 0 saturated heterocycles. The number of hydrogen-bond donors (Lipinski definition) is 1. The summed E-state index contributed by atoms with van der Waals surface area (Å²) < 4.78 is 38.8. The SMILES string of the molecule is CC(C)(C)C(O)(c1cccs1)C(F)(F)F. The van der Waals surface area contributed by atoms with E-state index in [0.717, 1.165) is 11.3 Å². The predicted octanol–water partition coefficient (Wildman–Crippen LogP) is 3.54. The Morgan fingerprint density at radius 1 is 1.20 bits per heavy atom. The standard InChI is InChI=1S/C10H13F3OS/c1-8(2,3)9(14,10(11,12)13)7-5-4-6-15-7/h4-6,14H,1-3H3. The molecule has 1 atom stereocenters. The van der Waals surface area contributed by atoms with Crippen molar-refractivity contribution < 1.29 is 18.3 Å². The third kappa shape index (κ3) is 1.90. The molecule has 1 unspecified atom stereocenters. The molecule has 86 valence electrons. The largest absolute Gasteiger partial charge is 0.422 e. The van der Waals surface area contributed by atoms with Crippen molar-refractivity contribution in [1.29, 1.82) is 0 Å². The van der Waals surface area contributed by atoms with Crippen LogP contribution in [-0.2, 0) is 5.60 Å². The van der Waals surface area contributed by atoms with Crippen LogP contribution in [0.15, 0.2) is 17.5 Å². The van der Waals surface area contributed by atoms with E-state index < -0.39 is 17.2 Å². The molecule has 1 rings (SSSR count). The lowest BCUT2D eigenvalue weighted by Gasteiger charge is -2.40. The highest BCUT2D eigenvalue weighted by molar-refractivity contribution is 7.10. The molecule has 0 amide bonds. The van der Waals surface area contributed by atoms with E-state index in [-0.39, 0.29) is 4.88 Å². The Kier molecular flexibility index (Phi) is 2.91. The fraction of sp³-hybridized carbons (Fsp3) is 0.600. The first kappa shape index (κ1) is 12.5. The summed E-state index contributed by atoms with van der Waals surface area (Å²) in [6.45, 7) is 4.13. The molecular formula is C10H13F3OS. The van der Waals surface area contributed by atoms with Crippen molar-refractivity contribution in [3.8, 4) is 0 Å². The van der Waals surface area contributed by atoms with E-state index in [0.29, 0.717) is 0 Å². The third-order valence-electron chi connectivity index (χ3n) is 2.37. The Bertz CT molecular complexity index is 307. The van der Waals surface area contributed by atoms with Crippen molar-refractivity contribution in [2.75, 3.05) is 0 Å². The fourth-order valence-corrected chi connectivity index (χ4v) is 2.47. The van der Waals surface area contributed by atoms with Gasteiger partial charge in [-0.1, -0.05) is 26.8 Å². The van der Waals surface area contributed by atoms with Crippen LogP contribution in [-0.4, -0.2) is 11.3 Å². The van der Waals surface area contributed by atoms with Crippen molar-refractivity contribution in [2.45, 2.75) is 32.5 Å². The maximum absolute atomic E-state index is 12.9. The van der Waals surface area contributed by atoms with Gasteiger partial charge in [0.1, 0.15) is 0 Å². The number of aliphatic hydroxyl groups is 1. The summed E-state index contributed by atoms with van der Waals surface area (Å²) in [7, 11) is 0. The zero-order valence-corrected chi connectivity index (χ0v) is 9.54. The Hall–Kier alpha value is -0.550. The molecule has 0 aliphatic carbocycles. The van der Waals surface area contributed by atoms with E-state index in [4.69, 9.17) is 0 Å². The van der Waals surface area contributed by atoms with E-state index in [9.17, 15) is 18.3 Å². The van der Waals surface area contributed by atoms with Crippen LogP contribution in [0.1, 0.15) is 25.6 Å². The first-order chi connectivity index (χ1) is 6.61. The van der Waals surface area contributed by atoms with Gasteiger partial charge in [0.25, 0.3) is 0 Å². The molecule has 0 saturated carbocycles. The van der Waals surface area contributed by atoms with Crippen molar-refractivity contribution in [3.63, 3.8) is 0 Å². The quantitative estimate of drug-likeness (QED) is 0.793. The zero-order chi connectivity index (χ0) is 11.9. The number of rotatable bonds is 1. The number of hydrogen-bond acceptors (Lipinski definition) is 2. The summed E-state index contributed by atoms with van der Waals surface area (Å²) in [5.41, 5.74) is -4.08. The Balaban J connectivity index is 3.33. The highest BCUT2D eigenvalue weighted by Gasteiger charge is 2.62. The first-order valence-corrected chi connectivity index (χ1v) is 5.32. The summed E-state index contributed by atoms with van der Waals surface area (Å²) >= 11 is 0.914. The summed E-state index contributed by atoms with van der Waals surface area (Å²) in [5, 5.41) is 11.5. The molecule has 0 fully saturated rings. The van der Waals surface area contributed by atoms with Crippen LogP contribution in [0.25, 0.3) is 0 Å². The van der Waals surface area contributed by atoms with Gasteiger partial charge in [0.2, 0.25) is 0 Å². The minimum absolute atomic E-state index is 0.0671. The molecule has 0 aliphatic rings. The molecule has 5 heteroatoms. The average Bonchev–Trinajstić information content (AvgIpc) is 2.49. The van der Waals surface area contributed by atoms with Gasteiger partial charge in [-0.05, 0) is 11.4 Å². The van der Waals surface area contributed by atoms with Crippen molar-refractivity contribution in [2.24, 2.45) is 5.41 Å². The third-order valence-corrected chi connectivity index (χ3v) is 3.35. The molecule has 0 radical (unpaired) electrons. The van der Waals surface area contributed by atoms with Crippen molar-refractivity contribution in [3.05, 3.63) is 22.4 Å². The maximum Gasteiger partial charge on any atom is 0.422 e. The van der Waals surface area contributed by atoms with Gasteiger partial charge in [-0.25, -0.2) is 0 Å². The van der Waals surface area contributed by atoms with Gasteiger partial charge in [-0.15, -0.1) is 11.3 Å². The van der Waals surface area contributed by atoms with Crippen molar-refractivity contribution in [1.82, 2.24) is 0 Å². The molecule has 1 heterocycles. The molecule has 0 aromatic carbocycles. The van der Waals surface area contributed by atoms with E-state index in [2.05, 4.69) is 0 Å². The normalized spacial score (nSPS) is 17.5. The zero-order valence-electron chi connectivity index (χ0n) is 8.72. The smallest absolute Gasteiger partial charge is 0.375 e. The number of halogens is 3. The fourth-order valence-electron chi connectivity index (χ4n) is 1.42. The Morgan fingerprint density at radius 2 is 1.73 bits per heavy atom. The van der Waals surface area contributed by atoms with Crippen LogP contribution in [0.4, 0.5) is 13.2 Å². The van der Waals surface area contributed by atoms with Crippen LogP contribution in [0.3, 0.4) is 0 Å². The molecular weight excluding hydrogens is 225 g/mol. The van der Waals surface area contributed by atoms with Gasteiger partial charge in [0, 0.05) is 10.3 Å².